The minimum absolute atomic E-state index is 0.210. The van der Waals surface area contributed by atoms with Gasteiger partial charge in [-0.05, 0) is 70.0 Å². The fraction of sp³-hybridized carbons (Fsp3) is 0.231. The van der Waals surface area contributed by atoms with Crippen molar-refractivity contribution < 1.29 is 4.39 Å². The number of benzene rings is 1. The van der Waals surface area contributed by atoms with Crippen LogP contribution in [0.2, 0.25) is 0 Å². The quantitative estimate of drug-likeness (QED) is 0.628. The fourth-order valence-electron chi connectivity index (χ4n) is 1.94. The summed E-state index contributed by atoms with van der Waals surface area (Å²) < 4.78 is 14.2. The van der Waals surface area contributed by atoms with Gasteiger partial charge in [-0.3, -0.25) is 0 Å². The van der Waals surface area contributed by atoms with E-state index in [9.17, 15) is 4.39 Å². The van der Waals surface area contributed by atoms with E-state index in [4.69, 9.17) is 11.6 Å². The third-order valence-electron chi connectivity index (χ3n) is 2.69. The maximum absolute atomic E-state index is 13.2. The maximum Gasteiger partial charge on any atom is 0.123 e. The Labute approximate surface area is 118 Å². The van der Waals surface area contributed by atoms with Crippen molar-refractivity contribution in [1.29, 1.82) is 0 Å². The van der Waals surface area contributed by atoms with Gasteiger partial charge in [-0.1, -0.05) is 0 Å². The molecule has 0 aliphatic rings. The molecule has 0 spiro atoms. The van der Waals surface area contributed by atoms with Crippen LogP contribution in [0.1, 0.15) is 26.9 Å². The van der Waals surface area contributed by atoms with Gasteiger partial charge in [-0.2, -0.15) is 0 Å². The number of hydrogen-bond acceptors (Lipinski definition) is 1. The summed E-state index contributed by atoms with van der Waals surface area (Å²) in [7, 11) is 0. The zero-order valence-corrected chi connectivity index (χ0v) is 12.6. The Kier molecular flexibility index (Phi) is 3.91. The molecule has 2 aromatic rings. The molecular weight excluding hydrogens is 323 g/mol. The molecule has 0 aliphatic heterocycles. The second kappa shape index (κ2) is 5.09. The molecule has 1 aromatic heterocycles. The average Bonchev–Trinajstić information content (AvgIpc) is 2.62. The number of hydrogen-bond donors (Lipinski definition) is 0. The highest BCUT2D eigenvalue weighted by molar-refractivity contribution is 9.10. The molecule has 0 bridgehead atoms. The number of thiophene rings is 1. The molecule has 1 heterocycles. The smallest absolute Gasteiger partial charge is 0.123 e. The van der Waals surface area contributed by atoms with Gasteiger partial charge in [0.1, 0.15) is 5.82 Å². The van der Waals surface area contributed by atoms with Gasteiger partial charge in [0.25, 0.3) is 0 Å². The molecule has 0 saturated heterocycles. The maximum atomic E-state index is 13.2. The number of alkyl halides is 1. The number of aryl methyl sites for hydroxylation is 2. The second-order valence-corrected chi connectivity index (χ2v) is 6.19. The summed E-state index contributed by atoms with van der Waals surface area (Å²) in [6.45, 7) is 3.78. The van der Waals surface area contributed by atoms with E-state index in [1.165, 1.54) is 12.1 Å². The lowest BCUT2D eigenvalue weighted by Crippen LogP contribution is -1.99. The van der Waals surface area contributed by atoms with Crippen molar-refractivity contribution in [2.75, 3.05) is 0 Å². The molecule has 1 aromatic carbocycles. The van der Waals surface area contributed by atoms with Crippen molar-refractivity contribution >= 4 is 38.9 Å². The third-order valence-corrected chi connectivity index (χ3v) is 5.19. The molecule has 17 heavy (non-hydrogen) atoms. The van der Waals surface area contributed by atoms with E-state index < -0.39 is 0 Å². The van der Waals surface area contributed by atoms with Gasteiger partial charge in [0, 0.05) is 9.35 Å². The molecule has 0 radical (unpaired) electrons. The standard InChI is InChI=1S/C13H11BrClFS/c1-7-5-9(16)6-8(2)11(7)12(15)13-10(14)3-4-17-13/h3-6,12H,1-2H3. The van der Waals surface area contributed by atoms with Gasteiger partial charge >= 0.3 is 0 Å². The van der Waals surface area contributed by atoms with Crippen LogP contribution >= 0.6 is 38.9 Å². The summed E-state index contributed by atoms with van der Waals surface area (Å²) in [5.41, 5.74) is 2.78. The Bertz CT molecular complexity index is 527. The molecule has 0 N–H and O–H groups in total. The molecule has 1 unspecified atom stereocenters. The van der Waals surface area contributed by atoms with E-state index in [1.54, 1.807) is 11.3 Å². The number of rotatable bonds is 2. The summed E-state index contributed by atoms with van der Waals surface area (Å²) in [6.07, 6.45) is 0. The third kappa shape index (κ3) is 2.56. The molecule has 0 saturated carbocycles. The zero-order chi connectivity index (χ0) is 12.6. The first kappa shape index (κ1) is 13.1. The van der Waals surface area contributed by atoms with Gasteiger partial charge in [0.2, 0.25) is 0 Å². The lowest BCUT2D eigenvalue weighted by atomic mass is 9.99. The van der Waals surface area contributed by atoms with Crippen LogP contribution in [0.3, 0.4) is 0 Å². The van der Waals surface area contributed by atoms with Gasteiger partial charge < -0.3 is 0 Å². The van der Waals surface area contributed by atoms with Crippen molar-refractivity contribution in [3.63, 3.8) is 0 Å². The van der Waals surface area contributed by atoms with Crippen molar-refractivity contribution in [3.8, 4) is 0 Å². The molecule has 0 amide bonds. The highest BCUT2D eigenvalue weighted by Crippen LogP contribution is 2.40. The van der Waals surface area contributed by atoms with Gasteiger partial charge in [0.05, 0.1) is 5.38 Å². The predicted molar refractivity (Wildman–Crippen MR) is 75.6 cm³/mol. The van der Waals surface area contributed by atoms with Crippen LogP contribution in [0.25, 0.3) is 0 Å². The van der Waals surface area contributed by atoms with Crippen molar-refractivity contribution in [1.82, 2.24) is 0 Å². The van der Waals surface area contributed by atoms with E-state index >= 15 is 0 Å². The van der Waals surface area contributed by atoms with E-state index in [2.05, 4.69) is 15.9 Å². The molecule has 90 valence electrons. The summed E-state index contributed by atoms with van der Waals surface area (Å²) in [4.78, 5) is 1.06. The van der Waals surface area contributed by atoms with Gasteiger partial charge in [-0.15, -0.1) is 22.9 Å². The normalized spacial score (nSPS) is 12.8. The monoisotopic (exact) mass is 332 g/mol. The lowest BCUT2D eigenvalue weighted by Gasteiger charge is -2.15. The molecule has 0 fully saturated rings. The Balaban J connectivity index is 2.51. The van der Waals surface area contributed by atoms with Crippen molar-refractivity contribution in [3.05, 3.63) is 55.4 Å². The predicted octanol–water partition coefficient (Wildman–Crippen LogP) is 5.59. The van der Waals surface area contributed by atoms with E-state index in [0.29, 0.717) is 0 Å². The molecule has 4 heteroatoms. The summed E-state index contributed by atoms with van der Waals surface area (Å²) in [6, 6.07) is 5.03. The van der Waals surface area contributed by atoms with Crippen molar-refractivity contribution in [2.24, 2.45) is 0 Å². The fourth-order valence-corrected chi connectivity index (χ4v) is 4.27. The van der Waals surface area contributed by atoms with Crippen LogP contribution in [0.5, 0.6) is 0 Å². The van der Waals surface area contributed by atoms with Gasteiger partial charge in [0.15, 0.2) is 0 Å². The van der Waals surface area contributed by atoms with Crippen molar-refractivity contribution in [2.45, 2.75) is 19.2 Å². The largest absolute Gasteiger partial charge is 0.207 e. The van der Waals surface area contributed by atoms with E-state index in [-0.39, 0.29) is 11.2 Å². The molecular formula is C13H11BrClFS. The Hall–Kier alpha value is -0.380. The summed E-state index contributed by atoms with van der Waals surface area (Å²) >= 11 is 11.6. The Morgan fingerprint density at radius 3 is 2.35 bits per heavy atom. The summed E-state index contributed by atoms with van der Waals surface area (Å²) in [5.74, 6) is -0.210. The van der Waals surface area contributed by atoms with Gasteiger partial charge in [-0.25, -0.2) is 4.39 Å². The van der Waals surface area contributed by atoms with Crippen LogP contribution in [-0.2, 0) is 0 Å². The molecule has 2 rings (SSSR count). The minimum atomic E-state index is -0.232. The first-order chi connectivity index (χ1) is 8.00. The average molecular weight is 334 g/mol. The zero-order valence-electron chi connectivity index (χ0n) is 9.43. The first-order valence-electron chi connectivity index (χ1n) is 5.14. The van der Waals surface area contributed by atoms with Crippen LogP contribution in [0, 0.1) is 19.7 Å². The molecule has 0 aliphatic carbocycles. The first-order valence-corrected chi connectivity index (χ1v) is 7.25. The SMILES string of the molecule is Cc1cc(F)cc(C)c1C(Cl)c1sccc1Br. The highest BCUT2D eigenvalue weighted by Gasteiger charge is 2.19. The summed E-state index contributed by atoms with van der Waals surface area (Å²) in [5, 5.41) is 1.76. The van der Waals surface area contributed by atoms with Crippen LogP contribution in [-0.4, -0.2) is 0 Å². The topological polar surface area (TPSA) is 0 Å². The Morgan fingerprint density at radius 2 is 1.88 bits per heavy atom. The number of halogens is 3. The van der Waals surface area contributed by atoms with Crippen LogP contribution < -0.4 is 0 Å². The Morgan fingerprint density at radius 1 is 1.29 bits per heavy atom. The molecule has 1 atom stereocenters. The highest BCUT2D eigenvalue weighted by atomic mass is 79.9. The van der Waals surface area contributed by atoms with E-state index in [0.717, 1.165) is 26.0 Å². The van der Waals surface area contributed by atoms with Crippen LogP contribution in [0.4, 0.5) is 4.39 Å². The minimum Gasteiger partial charge on any atom is -0.207 e. The van der Waals surface area contributed by atoms with E-state index in [1.807, 2.05) is 25.3 Å². The van der Waals surface area contributed by atoms with Crippen LogP contribution in [0.15, 0.2) is 28.1 Å². The second-order valence-electron chi connectivity index (χ2n) is 3.95. The molecule has 0 nitrogen and oxygen atoms in total. The lowest BCUT2D eigenvalue weighted by molar-refractivity contribution is 0.624.